The lowest BCUT2D eigenvalue weighted by Crippen LogP contribution is -2.39. The van der Waals surface area contributed by atoms with Crippen LogP contribution in [0.25, 0.3) is 11.2 Å². The van der Waals surface area contributed by atoms with Crippen LogP contribution in [0.5, 0.6) is 0 Å². The molecule has 0 aromatic carbocycles. The first-order chi connectivity index (χ1) is 18.0. The summed E-state index contributed by atoms with van der Waals surface area (Å²) in [6.07, 6.45) is -4.41. The zero-order valence-corrected chi connectivity index (χ0v) is 23.4. The van der Waals surface area contributed by atoms with E-state index >= 15 is 0 Å². The van der Waals surface area contributed by atoms with Crippen LogP contribution in [0.3, 0.4) is 0 Å². The number of hydrogen-bond acceptors (Lipinski definition) is 15. The highest BCUT2D eigenvalue weighted by Crippen LogP contribution is 2.66. The third kappa shape index (κ3) is 8.80. The molecule has 1 saturated heterocycles. The number of fused-ring (bicyclic) bond motifs is 1. The Hall–Kier alpha value is -1.38. The fraction of sp³-hybridized carbons (Fsp3) is 0.600. The molecule has 3 rings (SSSR count). The zero-order valence-electron chi connectivity index (χ0n) is 19.8. The fourth-order valence-corrected chi connectivity index (χ4v) is 6.69. The number of phosphoric ester groups is 1. The van der Waals surface area contributed by atoms with Crippen LogP contribution in [0, 0.1) is 6.92 Å². The van der Waals surface area contributed by atoms with Crippen molar-refractivity contribution in [1.29, 1.82) is 0 Å². The van der Waals surface area contributed by atoms with Gasteiger partial charge in [-0.1, -0.05) is 0 Å². The van der Waals surface area contributed by atoms with Gasteiger partial charge in [-0.3, -0.25) is 13.9 Å². The topological polar surface area (TPSA) is 297 Å². The molecule has 24 heteroatoms. The van der Waals surface area contributed by atoms with Crippen LogP contribution in [0.2, 0.25) is 0 Å². The van der Waals surface area contributed by atoms with E-state index in [4.69, 9.17) is 25.0 Å². The van der Waals surface area contributed by atoms with Gasteiger partial charge in [0.1, 0.15) is 41.3 Å². The van der Waals surface area contributed by atoms with Crippen LogP contribution in [0.15, 0.2) is 11.4 Å². The molecule has 3 unspecified atom stereocenters. The van der Waals surface area contributed by atoms with Crippen molar-refractivity contribution in [2.75, 3.05) is 26.3 Å². The van der Waals surface area contributed by atoms with Gasteiger partial charge in [-0.2, -0.15) is 8.62 Å². The van der Waals surface area contributed by atoms with E-state index in [2.05, 4.69) is 46.0 Å². The number of hydrogen-bond donors (Lipinski definition) is 8. The molecular formula is C15H25N6O14P3S. The van der Waals surface area contributed by atoms with Crippen molar-refractivity contribution in [2.45, 2.75) is 36.5 Å². The molecule has 6 atom stereocenters. The first-order valence-corrected chi connectivity index (χ1v) is 15.6. The van der Waals surface area contributed by atoms with E-state index in [1.165, 1.54) is 10.9 Å². The van der Waals surface area contributed by atoms with Crippen molar-refractivity contribution in [3.63, 3.8) is 0 Å². The molecule has 39 heavy (non-hydrogen) atoms. The average Bonchev–Trinajstić information content (AvgIpc) is 3.33. The first kappa shape index (κ1) is 32.1. The van der Waals surface area contributed by atoms with Gasteiger partial charge in [0.15, 0.2) is 11.9 Å². The number of ether oxygens (including phenoxy) is 2. The first-order valence-electron chi connectivity index (χ1n) is 10.6. The van der Waals surface area contributed by atoms with Crippen LogP contribution in [-0.2, 0) is 41.1 Å². The molecule has 1 aliphatic rings. The number of thiol groups is 1. The predicted octanol–water partition coefficient (Wildman–Crippen LogP) is -1.51. The molecule has 0 aliphatic carbocycles. The number of imidazole rings is 1. The van der Waals surface area contributed by atoms with Gasteiger partial charge in [0.05, 0.1) is 12.9 Å². The second kappa shape index (κ2) is 12.6. The van der Waals surface area contributed by atoms with Gasteiger partial charge in [0.2, 0.25) is 5.91 Å². The van der Waals surface area contributed by atoms with Crippen molar-refractivity contribution < 1.29 is 65.8 Å². The standard InChI is InChI=1S/C15H25N6O14P3S/c1-7-19-13-10(14(39)20-7)18-6-21(13)15-12(31-5-9(22)17-3-2-16)11(23)8(33-15)4-32-37(27,28)35-38(29,30)34-36(24,25)26/h6,8,11-12,15,23H,2-5,16H2,1H3,(H,17,22)(H,27,28)(H,29,30)(H,19,20,39)(H2,24,25,26)/t8-,11+,12?,15-/m1/s1. The molecule has 3 heterocycles. The molecule has 1 fully saturated rings. The van der Waals surface area contributed by atoms with E-state index in [1.54, 1.807) is 6.92 Å². The largest absolute Gasteiger partial charge is 0.490 e. The smallest absolute Gasteiger partial charge is 0.387 e. The summed E-state index contributed by atoms with van der Waals surface area (Å²) in [5.41, 5.74) is 5.81. The number of phosphoric acid groups is 3. The van der Waals surface area contributed by atoms with E-state index in [1.807, 2.05) is 0 Å². The predicted molar refractivity (Wildman–Crippen MR) is 129 cm³/mol. The lowest BCUT2D eigenvalue weighted by Gasteiger charge is -2.22. The molecule has 1 amide bonds. The van der Waals surface area contributed by atoms with E-state index in [-0.39, 0.29) is 29.3 Å². The van der Waals surface area contributed by atoms with E-state index in [9.17, 15) is 33.4 Å². The highest BCUT2D eigenvalue weighted by Gasteiger charge is 2.48. The lowest BCUT2D eigenvalue weighted by molar-refractivity contribution is -0.132. The fourth-order valence-electron chi connectivity index (χ4n) is 3.36. The Morgan fingerprint density at radius 1 is 1.21 bits per heavy atom. The Kier molecular flexibility index (Phi) is 10.4. The van der Waals surface area contributed by atoms with Gasteiger partial charge >= 0.3 is 23.5 Å². The minimum absolute atomic E-state index is 0.158. The Morgan fingerprint density at radius 2 is 1.90 bits per heavy atom. The third-order valence-electron chi connectivity index (χ3n) is 4.79. The van der Waals surface area contributed by atoms with E-state index in [0.717, 1.165) is 0 Å². The van der Waals surface area contributed by atoms with Crippen molar-refractivity contribution in [1.82, 2.24) is 24.8 Å². The highest BCUT2D eigenvalue weighted by atomic mass is 32.1. The van der Waals surface area contributed by atoms with Crippen LogP contribution in [0.1, 0.15) is 12.1 Å². The van der Waals surface area contributed by atoms with Crippen molar-refractivity contribution in [3.8, 4) is 0 Å². The van der Waals surface area contributed by atoms with Gasteiger partial charge in [0, 0.05) is 13.1 Å². The molecule has 0 saturated carbocycles. The molecule has 0 spiro atoms. The maximum absolute atomic E-state index is 12.1. The summed E-state index contributed by atoms with van der Waals surface area (Å²) in [7, 11) is -16.9. The number of carbonyl (C=O) groups is 1. The Labute approximate surface area is 224 Å². The van der Waals surface area contributed by atoms with E-state index < -0.39 is 67.1 Å². The molecule has 1 aliphatic heterocycles. The van der Waals surface area contributed by atoms with Gasteiger partial charge in [0.25, 0.3) is 0 Å². The molecule has 220 valence electrons. The molecule has 2 aromatic heterocycles. The number of aryl methyl sites for hydroxylation is 1. The van der Waals surface area contributed by atoms with Gasteiger partial charge in [-0.15, -0.1) is 12.6 Å². The molecule has 8 N–H and O–H groups in total. The van der Waals surface area contributed by atoms with Crippen LogP contribution < -0.4 is 11.1 Å². The molecular weight excluding hydrogens is 613 g/mol. The molecule has 0 bridgehead atoms. The van der Waals surface area contributed by atoms with Gasteiger partial charge in [-0.05, 0) is 6.92 Å². The molecule has 20 nitrogen and oxygen atoms in total. The number of rotatable bonds is 13. The number of aliphatic hydroxyl groups is 1. The normalized spacial score (nSPS) is 24.9. The number of amides is 1. The molecule has 2 aromatic rings. The minimum Gasteiger partial charge on any atom is -0.387 e. The summed E-state index contributed by atoms with van der Waals surface area (Å²) in [5.74, 6) is -0.259. The number of nitrogens with two attached hydrogens (primary N) is 1. The summed E-state index contributed by atoms with van der Waals surface area (Å²) >= 11 is 4.25. The van der Waals surface area contributed by atoms with Gasteiger partial charge < -0.3 is 45.2 Å². The summed E-state index contributed by atoms with van der Waals surface area (Å²) < 4.78 is 59.0. The summed E-state index contributed by atoms with van der Waals surface area (Å²) in [6.45, 7) is 0.382. The number of carbonyl (C=O) groups excluding carboxylic acids is 1. The summed E-state index contributed by atoms with van der Waals surface area (Å²) in [5, 5.41) is 13.6. The van der Waals surface area contributed by atoms with Crippen molar-refractivity contribution in [3.05, 3.63) is 12.2 Å². The average molecular weight is 638 g/mol. The van der Waals surface area contributed by atoms with E-state index in [0.29, 0.717) is 5.82 Å². The second-order valence-corrected chi connectivity index (χ2v) is 12.6. The minimum atomic E-state index is -5.76. The Morgan fingerprint density at radius 3 is 2.54 bits per heavy atom. The third-order valence-corrected chi connectivity index (χ3v) is 8.91. The maximum atomic E-state index is 12.1. The van der Waals surface area contributed by atoms with Gasteiger partial charge in [-0.25, -0.2) is 28.6 Å². The maximum Gasteiger partial charge on any atom is 0.490 e. The Balaban J connectivity index is 1.81. The second-order valence-electron chi connectivity index (χ2n) is 7.78. The van der Waals surface area contributed by atoms with Crippen LogP contribution in [-0.4, -0.2) is 94.7 Å². The van der Waals surface area contributed by atoms with Crippen LogP contribution >= 0.6 is 36.1 Å². The lowest BCUT2D eigenvalue weighted by atomic mass is 10.1. The number of aromatic nitrogens is 4. The number of aliphatic hydroxyl groups excluding tert-OH is 1. The van der Waals surface area contributed by atoms with Crippen molar-refractivity contribution in [2.24, 2.45) is 5.73 Å². The SMILES string of the molecule is Cc1nc(S)c2ncn([C@@H]3O[C@H](COP(=O)(O)OP(=O)(O)OP(=O)(O)O)[C@H](O)C3OCC(=O)NCCN)c2n1. The zero-order chi connectivity index (χ0) is 29.2. The highest BCUT2D eigenvalue weighted by molar-refractivity contribution is 7.80. The summed E-state index contributed by atoms with van der Waals surface area (Å²) in [4.78, 5) is 60.8. The van der Waals surface area contributed by atoms with Crippen molar-refractivity contribution >= 4 is 53.2 Å². The molecule has 0 radical (unpaired) electrons. The monoisotopic (exact) mass is 638 g/mol. The quantitative estimate of drug-likeness (QED) is 0.0702. The number of nitrogens with zero attached hydrogens (tertiary/aromatic N) is 4. The summed E-state index contributed by atoms with van der Waals surface area (Å²) in [6, 6.07) is 0. The Bertz CT molecular complexity index is 1340. The number of nitrogens with one attached hydrogen (secondary N) is 1. The van der Waals surface area contributed by atoms with Crippen LogP contribution in [0.4, 0.5) is 0 Å².